The van der Waals surface area contributed by atoms with Gasteiger partial charge in [0.1, 0.15) is 28.7 Å². The fourth-order valence-electron chi connectivity index (χ4n) is 3.42. The zero-order chi connectivity index (χ0) is 28.5. The van der Waals surface area contributed by atoms with Crippen LogP contribution in [0.25, 0.3) is 0 Å². The van der Waals surface area contributed by atoms with Gasteiger partial charge in [-0.3, -0.25) is 0 Å². The highest BCUT2D eigenvalue weighted by molar-refractivity contribution is 7.50. The minimum absolute atomic E-state index is 0.0259. The summed E-state index contributed by atoms with van der Waals surface area (Å²) in [5, 5.41) is -0.0259. The van der Waals surface area contributed by atoms with E-state index in [9.17, 15) is 9.13 Å². The molecule has 208 valence electrons. The second kappa shape index (κ2) is 12.9. The summed E-state index contributed by atoms with van der Waals surface area (Å²) < 4.78 is 61.5. The van der Waals surface area contributed by atoms with Crippen LogP contribution in [0.4, 0.5) is 0 Å². The Hall–Kier alpha value is -4.35. The first-order valence-electron chi connectivity index (χ1n) is 12.3. The first kappa shape index (κ1) is 28.2. The van der Waals surface area contributed by atoms with Crippen molar-refractivity contribution < 1.29 is 36.3 Å². The van der Waals surface area contributed by atoms with E-state index >= 15 is 0 Å². The van der Waals surface area contributed by atoms with Crippen LogP contribution in [-0.4, -0.2) is 0 Å². The van der Waals surface area contributed by atoms with Gasteiger partial charge in [0.25, 0.3) is 0 Å². The molecule has 0 aliphatic heterocycles. The predicted octanol–water partition coefficient (Wildman–Crippen LogP) is 9.63. The second-order valence-electron chi connectivity index (χ2n) is 8.29. The van der Waals surface area contributed by atoms with Crippen molar-refractivity contribution in [1.82, 2.24) is 0 Å². The van der Waals surface area contributed by atoms with Gasteiger partial charge in [-0.1, -0.05) is 84.4 Å². The standard InChI is InChI=1S/C30H23ClO8P2/c31-29-23-28(38-40(32,34-24-13-5-1-6-14-24)35-25-15-7-2-8-16-25)21-22-30(29)39-41(33,36-26-17-9-3-10-18-26)37-27-19-11-4-12-20-27/h1-23H. The molecule has 0 aliphatic carbocycles. The van der Waals surface area contributed by atoms with Gasteiger partial charge in [0.2, 0.25) is 0 Å². The third-order valence-corrected chi connectivity index (χ3v) is 8.06. The van der Waals surface area contributed by atoms with Crippen LogP contribution in [0.15, 0.2) is 140 Å². The molecule has 0 N–H and O–H groups in total. The van der Waals surface area contributed by atoms with Crippen LogP contribution >= 0.6 is 27.2 Å². The quantitative estimate of drug-likeness (QED) is 0.129. The maximum absolute atomic E-state index is 13.8. The van der Waals surface area contributed by atoms with Gasteiger partial charge in [-0.05, 0) is 60.7 Å². The molecule has 0 fully saturated rings. The molecule has 0 radical (unpaired) electrons. The van der Waals surface area contributed by atoms with Crippen molar-refractivity contribution in [3.8, 4) is 34.5 Å². The maximum Gasteiger partial charge on any atom is 0.647 e. The van der Waals surface area contributed by atoms with E-state index in [0.717, 1.165) is 0 Å². The summed E-state index contributed by atoms with van der Waals surface area (Å²) >= 11 is 6.48. The summed E-state index contributed by atoms with van der Waals surface area (Å²) in [6.45, 7) is 0. The number of phosphoric acid groups is 2. The highest BCUT2D eigenvalue weighted by atomic mass is 35.5. The van der Waals surface area contributed by atoms with Crippen molar-refractivity contribution in [1.29, 1.82) is 0 Å². The third-order valence-electron chi connectivity index (χ3n) is 5.17. The zero-order valence-corrected chi connectivity index (χ0v) is 23.9. The summed E-state index contributed by atoms with van der Waals surface area (Å²) in [7, 11) is -8.55. The molecule has 0 saturated heterocycles. The SMILES string of the molecule is O=P(Oc1ccccc1)(Oc1ccccc1)Oc1ccc(OP(=O)(Oc2ccccc2)Oc2ccccc2)c(Cl)c1. The number of phosphoric ester groups is 2. The number of hydrogen-bond donors (Lipinski definition) is 0. The van der Waals surface area contributed by atoms with Gasteiger partial charge in [-0.2, -0.15) is 9.13 Å². The third kappa shape index (κ3) is 8.09. The average molecular weight is 609 g/mol. The van der Waals surface area contributed by atoms with Crippen molar-refractivity contribution in [2.24, 2.45) is 0 Å². The Bertz CT molecular complexity index is 1570. The summed E-state index contributed by atoms with van der Waals surface area (Å²) in [4.78, 5) is 0. The van der Waals surface area contributed by atoms with E-state index in [1.165, 1.54) is 18.2 Å². The van der Waals surface area contributed by atoms with Crippen LogP contribution < -0.4 is 27.1 Å². The number of rotatable bonds is 12. The van der Waals surface area contributed by atoms with E-state index in [2.05, 4.69) is 0 Å². The summed E-state index contributed by atoms with van der Waals surface area (Å²) in [6.07, 6.45) is 0. The minimum atomic E-state index is -4.29. The molecule has 5 rings (SSSR count). The van der Waals surface area contributed by atoms with Crippen LogP contribution in [0.2, 0.25) is 5.02 Å². The van der Waals surface area contributed by atoms with Crippen LogP contribution in [-0.2, 0) is 9.13 Å². The lowest BCUT2D eigenvalue weighted by Gasteiger charge is -2.21. The van der Waals surface area contributed by atoms with Gasteiger partial charge < -0.3 is 27.1 Å². The first-order valence-corrected chi connectivity index (χ1v) is 15.6. The Morgan fingerprint density at radius 2 is 0.707 bits per heavy atom. The molecule has 0 spiro atoms. The van der Waals surface area contributed by atoms with Gasteiger partial charge in [-0.25, -0.2) is 0 Å². The van der Waals surface area contributed by atoms with Crippen LogP contribution in [0.5, 0.6) is 34.5 Å². The monoisotopic (exact) mass is 608 g/mol. The zero-order valence-electron chi connectivity index (χ0n) is 21.3. The lowest BCUT2D eigenvalue weighted by Crippen LogP contribution is -2.09. The average Bonchev–Trinajstić information content (AvgIpc) is 2.96. The number of hydrogen-bond acceptors (Lipinski definition) is 8. The number of halogens is 1. The largest absolute Gasteiger partial charge is 0.647 e. The highest BCUT2D eigenvalue weighted by Crippen LogP contribution is 2.53. The Morgan fingerprint density at radius 3 is 1.05 bits per heavy atom. The van der Waals surface area contributed by atoms with E-state index in [4.69, 9.17) is 38.7 Å². The summed E-state index contributed by atoms with van der Waals surface area (Å²) in [5.74, 6) is 1.09. The fraction of sp³-hybridized carbons (Fsp3) is 0. The van der Waals surface area contributed by atoms with Gasteiger partial charge in [-0.15, -0.1) is 0 Å². The summed E-state index contributed by atoms with van der Waals surface area (Å²) in [5.41, 5.74) is 0. The van der Waals surface area contributed by atoms with Crippen LogP contribution in [0, 0.1) is 0 Å². The molecule has 0 bridgehead atoms. The Labute approximate surface area is 242 Å². The minimum Gasteiger partial charge on any atom is -0.386 e. The first-order chi connectivity index (χ1) is 19.9. The van der Waals surface area contributed by atoms with Crippen LogP contribution in [0.3, 0.4) is 0 Å². The molecule has 0 aromatic heterocycles. The molecule has 41 heavy (non-hydrogen) atoms. The highest BCUT2D eigenvalue weighted by Gasteiger charge is 2.36. The van der Waals surface area contributed by atoms with E-state index in [1.807, 2.05) is 0 Å². The molecular formula is C30H23ClO8P2. The van der Waals surface area contributed by atoms with Crippen molar-refractivity contribution in [3.05, 3.63) is 145 Å². The Balaban J connectivity index is 1.39. The maximum atomic E-state index is 13.8. The number of benzene rings is 5. The molecule has 5 aromatic carbocycles. The van der Waals surface area contributed by atoms with Gasteiger partial charge >= 0.3 is 15.6 Å². The number of para-hydroxylation sites is 4. The van der Waals surface area contributed by atoms with Gasteiger partial charge in [0.15, 0.2) is 5.75 Å². The van der Waals surface area contributed by atoms with E-state index < -0.39 is 15.6 Å². The van der Waals surface area contributed by atoms with Gasteiger partial charge in [0.05, 0.1) is 5.02 Å². The van der Waals surface area contributed by atoms with Crippen molar-refractivity contribution in [2.75, 3.05) is 0 Å². The van der Waals surface area contributed by atoms with E-state index in [0.29, 0.717) is 0 Å². The molecule has 11 heteroatoms. The molecule has 0 amide bonds. The normalized spacial score (nSPS) is 11.2. The lowest BCUT2D eigenvalue weighted by atomic mass is 10.3. The lowest BCUT2D eigenvalue weighted by molar-refractivity contribution is 0.294. The van der Waals surface area contributed by atoms with Crippen molar-refractivity contribution in [2.45, 2.75) is 0 Å². The molecule has 0 atom stereocenters. The van der Waals surface area contributed by atoms with Gasteiger partial charge in [0, 0.05) is 6.07 Å². The van der Waals surface area contributed by atoms with Crippen molar-refractivity contribution >= 4 is 27.2 Å². The Kier molecular flexibility index (Phi) is 8.85. The topological polar surface area (TPSA) is 89.5 Å². The smallest absolute Gasteiger partial charge is 0.386 e. The Morgan fingerprint density at radius 1 is 0.390 bits per heavy atom. The predicted molar refractivity (Wildman–Crippen MR) is 156 cm³/mol. The molecule has 0 aliphatic rings. The fourth-order valence-corrected chi connectivity index (χ4v) is 6.19. The van der Waals surface area contributed by atoms with Crippen molar-refractivity contribution in [3.63, 3.8) is 0 Å². The summed E-state index contributed by atoms with van der Waals surface area (Å²) in [6, 6.07) is 37.9. The van der Waals surface area contributed by atoms with Crippen LogP contribution in [0.1, 0.15) is 0 Å². The van der Waals surface area contributed by atoms with E-state index in [-0.39, 0.29) is 39.5 Å². The molecule has 0 unspecified atom stereocenters. The molecule has 5 aromatic rings. The molecule has 0 heterocycles. The molecule has 0 saturated carbocycles. The second-order valence-corrected chi connectivity index (χ2v) is 11.6. The molecular weight excluding hydrogens is 586 g/mol. The van der Waals surface area contributed by atoms with E-state index in [1.54, 1.807) is 121 Å². The molecule has 8 nitrogen and oxygen atoms in total.